The molecule has 5 heteroatoms. The topological polar surface area (TPSA) is 37.4 Å². The number of aryl methyl sites for hydroxylation is 2. The van der Waals surface area contributed by atoms with Crippen molar-refractivity contribution in [2.45, 2.75) is 13.8 Å². The van der Waals surface area contributed by atoms with E-state index < -0.39 is 0 Å². The summed E-state index contributed by atoms with van der Waals surface area (Å²) >= 11 is 6.23. The number of carbonyl (C=O) groups is 2. The second kappa shape index (κ2) is 4.38. The molecule has 1 aromatic carbocycles. The van der Waals surface area contributed by atoms with Crippen LogP contribution >= 0.6 is 31.9 Å². The largest absolute Gasteiger partial charge is 0.273 e. The second-order valence-electron chi connectivity index (χ2n) is 3.81. The molecule has 1 aliphatic rings. The minimum Gasteiger partial charge on any atom is -0.268 e. The quantitative estimate of drug-likeness (QED) is 0.723. The standard InChI is InChI=1S/C12H9Br2NO2/c1-6-4-3-5-7(2)10(6)15-11(16)8(13)9(14)12(15)17/h3-5H,1-2H3. The fourth-order valence-corrected chi connectivity index (χ4v) is 2.53. The third-order valence-corrected chi connectivity index (χ3v) is 4.64. The Morgan fingerprint density at radius 2 is 1.35 bits per heavy atom. The van der Waals surface area contributed by atoms with Gasteiger partial charge in [0, 0.05) is 0 Å². The van der Waals surface area contributed by atoms with Gasteiger partial charge in [-0.15, -0.1) is 0 Å². The summed E-state index contributed by atoms with van der Waals surface area (Å²) in [6, 6.07) is 5.66. The lowest BCUT2D eigenvalue weighted by Crippen LogP contribution is -2.32. The van der Waals surface area contributed by atoms with Crippen molar-refractivity contribution < 1.29 is 9.59 Å². The number of imide groups is 1. The molecular formula is C12H9Br2NO2. The van der Waals surface area contributed by atoms with Crippen LogP contribution in [0.2, 0.25) is 0 Å². The predicted octanol–water partition coefficient (Wildman–Crippen LogP) is 3.18. The number of amides is 2. The molecule has 1 aromatic rings. The highest BCUT2D eigenvalue weighted by molar-refractivity contribution is 9.14. The molecule has 88 valence electrons. The van der Waals surface area contributed by atoms with Crippen LogP contribution in [0.15, 0.2) is 27.2 Å². The molecular weight excluding hydrogens is 350 g/mol. The summed E-state index contributed by atoms with van der Waals surface area (Å²) in [7, 11) is 0. The number of para-hydroxylation sites is 1. The summed E-state index contributed by atoms with van der Waals surface area (Å²) in [5.74, 6) is -0.668. The molecule has 2 rings (SSSR count). The van der Waals surface area contributed by atoms with E-state index in [0.29, 0.717) is 5.69 Å². The summed E-state index contributed by atoms with van der Waals surface area (Å²) in [4.78, 5) is 25.2. The Kier molecular flexibility index (Phi) is 3.23. The first-order valence-electron chi connectivity index (χ1n) is 4.95. The van der Waals surface area contributed by atoms with Crippen LogP contribution in [-0.2, 0) is 9.59 Å². The van der Waals surface area contributed by atoms with E-state index in [1.807, 2.05) is 32.0 Å². The number of hydrogen-bond acceptors (Lipinski definition) is 2. The first kappa shape index (κ1) is 12.5. The smallest absolute Gasteiger partial charge is 0.268 e. The van der Waals surface area contributed by atoms with Gasteiger partial charge in [0.15, 0.2) is 0 Å². The Hall–Kier alpha value is -0.940. The van der Waals surface area contributed by atoms with Gasteiger partial charge in [0.2, 0.25) is 0 Å². The summed E-state index contributed by atoms with van der Waals surface area (Å²) in [5, 5.41) is 0. The molecule has 3 nitrogen and oxygen atoms in total. The van der Waals surface area contributed by atoms with Crippen molar-refractivity contribution >= 4 is 49.4 Å². The maximum atomic E-state index is 12.0. The van der Waals surface area contributed by atoms with Crippen LogP contribution in [-0.4, -0.2) is 11.8 Å². The molecule has 0 N–H and O–H groups in total. The molecule has 0 bridgehead atoms. The van der Waals surface area contributed by atoms with E-state index in [-0.39, 0.29) is 20.8 Å². The Morgan fingerprint density at radius 3 is 1.76 bits per heavy atom. The highest BCUT2D eigenvalue weighted by Crippen LogP contribution is 2.36. The maximum absolute atomic E-state index is 12.0. The van der Waals surface area contributed by atoms with Crippen molar-refractivity contribution in [3.63, 3.8) is 0 Å². The molecule has 0 fully saturated rings. The summed E-state index contributed by atoms with van der Waals surface area (Å²) in [5.41, 5.74) is 2.46. The van der Waals surface area contributed by atoms with E-state index in [2.05, 4.69) is 31.9 Å². The van der Waals surface area contributed by atoms with E-state index in [0.717, 1.165) is 11.1 Å². The van der Waals surface area contributed by atoms with Crippen molar-refractivity contribution in [2.75, 3.05) is 4.90 Å². The summed E-state index contributed by atoms with van der Waals surface area (Å²) in [6.45, 7) is 3.76. The maximum Gasteiger partial charge on any atom is 0.273 e. The fourth-order valence-electron chi connectivity index (χ4n) is 1.84. The van der Waals surface area contributed by atoms with E-state index in [4.69, 9.17) is 0 Å². The first-order chi connectivity index (χ1) is 7.95. The number of nitrogens with zero attached hydrogens (tertiary/aromatic N) is 1. The fraction of sp³-hybridized carbons (Fsp3) is 0.167. The van der Waals surface area contributed by atoms with Gasteiger partial charge in [-0.25, -0.2) is 4.90 Å². The Balaban J connectivity index is 2.58. The van der Waals surface area contributed by atoms with Crippen LogP contribution in [0, 0.1) is 13.8 Å². The summed E-state index contributed by atoms with van der Waals surface area (Å²) < 4.78 is 0.537. The van der Waals surface area contributed by atoms with Crippen molar-refractivity contribution in [3.8, 4) is 0 Å². The van der Waals surface area contributed by atoms with Crippen LogP contribution in [0.1, 0.15) is 11.1 Å². The zero-order valence-electron chi connectivity index (χ0n) is 9.25. The number of anilines is 1. The third kappa shape index (κ3) is 1.87. The number of rotatable bonds is 1. The number of carbonyl (C=O) groups excluding carboxylic acids is 2. The molecule has 0 saturated carbocycles. The summed E-state index contributed by atoms with van der Waals surface area (Å²) in [6.07, 6.45) is 0. The van der Waals surface area contributed by atoms with Crippen LogP contribution in [0.3, 0.4) is 0 Å². The number of halogens is 2. The van der Waals surface area contributed by atoms with Gasteiger partial charge in [-0.2, -0.15) is 0 Å². The van der Waals surface area contributed by atoms with Crippen molar-refractivity contribution in [1.29, 1.82) is 0 Å². The van der Waals surface area contributed by atoms with Crippen LogP contribution in [0.25, 0.3) is 0 Å². The lowest BCUT2D eigenvalue weighted by atomic mass is 10.1. The van der Waals surface area contributed by atoms with Crippen molar-refractivity contribution in [1.82, 2.24) is 0 Å². The van der Waals surface area contributed by atoms with Gasteiger partial charge >= 0.3 is 0 Å². The minimum atomic E-state index is -0.334. The first-order valence-corrected chi connectivity index (χ1v) is 6.54. The normalized spacial score (nSPS) is 16.1. The van der Waals surface area contributed by atoms with Crippen LogP contribution in [0.4, 0.5) is 5.69 Å². The van der Waals surface area contributed by atoms with Crippen LogP contribution < -0.4 is 4.90 Å². The zero-order valence-corrected chi connectivity index (χ0v) is 12.4. The third-order valence-electron chi connectivity index (χ3n) is 2.64. The SMILES string of the molecule is Cc1cccc(C)c1N1C(=O)C(Br)=C(Br)C1=O. The molecule has 2 amide bonds. The predicted molar refractivity (Wildman–Crippen MR) is 73.3 cm³/mol. The lowest BCUT2D eigenvalue weighted by Gasteiger charge is -2.19. The second-order valence-corrected chi connectivity index (χ2v) is 5.40. The average Bonchev–Trinajstić information content (AvgIpc) is 2.46. The van der Waals surface area contributed by atoms with Gasteiger partial charge in [-0.1, -0.05) is 18.2 Å². The zero-order chi connectivity index (χ0) is 12.7. The van der Waals surface area contributed by atoms with Crippen LogP contribution in [0.5, 0.6) is 0 Å². The molecule has 0 aromatic heterocycles. The molecule has 0 atom stereocenters. The van der Waals surface area contributed by atoms with E-state index in [1.165, 1.54) is 4.90 Å². The van der Waals surface area contributed by atoms with Gasteiger partial charge in [0.05, 0.1) is 5.69 Å². The average molecular weight is 359 g/mol. The molecule has 0 unspecified atom stereocenters. The molecule has 0 radical (unpaired) electrons. The van der Waals surface area contributed by atoms with Gasteiger partial charge < -0.3 is 0 Å². The minimum absolute atomic E-state index is 0.269. The van der Waals surface area contributed by atoms with Crippen molar-refractivity contribution in [2.24, 2.45) is 0 Å². The molecule has 0 saturated heterocycles. The Labute approximate surface area is 116 Å². The highest BCUT2D eigenvalue weighted by atomic mass is 79.9. The van der Waals surface area contributed by atoms with Gasteiger partial charge in [0.25, 0.3) is 11.8 Å². The van der Waals surface area contributed by atoms with Gasteiger partial charge in [-0.05, 0) is 56.8 Å². The Bertz CT molecular complexity index is 519. The molecule has 1 heterocycles. The molecule has 0 aliphatic carbocycles. The molecule has 0 spiro atoms. The highest BCUT2D eigenvalue weighted by Gasteiger charge is 2.38. The lowest BCUT2D eigenvalue weighted by molar-refractivity contribution is -0.120. The monoisotopic (exact) mass is 357 g/mol. The van der Waals surface area contributed by atoms with Crippen molar-refractivity contribution in [3.05, 3.63) is 38.3 Å². The number of hydrogen-bond donors (Lipinski definition) is 0. The molecule has 17 heavy (non-hydrogen) atoms. The number of benzene rings is 1. The van der Waals surface area contributed by atoms with E-state index >= 15 is 0 Å². The van der Waals surface area contributed by atoms with Gasteiger partial charge in [0.1, 0.15) is 8.96 Å². The van der Waals surface area contributed by atoms with E-state index in [1.54, 1.807) is 0 Å². The Morgan fingerprint density at radius 1 is 0.941 bits per heavy atom. The van der Waals surface area contributed by atoms with E-state index in [9.17, 15) is 9.59 Å². The van der Waals surface area contributed by atoms with Gasteiger partial charge in [-0.3, -0.25) is 9.59 Å². The molecule has 1 aliphatic heterocycles.